The van der Waals surface area contributed by atoms with Crippen molar-refractivity contribution in [3.8, 4) is 0 Å². The lowest BCUT2D eigenvalue weighted by Gasteiger charge is -2.21. The zero-order valence-electron chi connectivity index (χ0n) is 10.7. The van der Waals surface area contributed by atoms with Gasteiger partial charge in [-0.15, -0.1) is 0 Å². The third-order valence-electron chi connectivity index (χ3n) is 2.87. The summed E-state index contributed by atoms with van der Waals surface area (Å²) in [6.45, 7) is 4.79. The largest absolute Gasteiger partial charge is 0.383 e. The third-order valence-corrected chi connectivity index (χ3v) is 2.87. The average molecular weight is 227 g/mol. The molecule has 1 aliphatic carbocycles. The van der Waals surface area contributed by atoms with Gasteiger partial charge in [0.1, 0.15) is 0 Å². The van der Waals surface area contributed by atoms with Crippen molar-refractivity contribution in [3.05, 3.63) is 11.6 Å². The fourth-order valence-corrected chi connectivity index (χ4v) is 1.67. The first-order valence-corrected chi connectivity index (χ1v) is 6.25. The van der Waals surface area contributed by atoms with Gasteiger partial charge >= 0.3 is 0 Å². The van der Waals surface area contributed by atoms with Crippen molar-refractivity contribution in [2.75, 3.05) is 47.1 Å². The summed E-state index contributed by atoms with van der Waals surface area (Å²) < 4.78 is 10.2. The quantitative estimate of drug-likeness (QED) is 0.421. The summed E-state index contributed by atoms with van der Waals surface area (Å²) >= 11 is 0. The van der Waals surface area contributed by atoms with Gasteiger partial charge in [-0.3, -0.25) is 4.90 Å². The van der Waals surface area contributed by atoms with Crippen LogP contribution in [0.2, 0.25) is 0 Å². The van der Waals surface area contributed by atoms with Crippen LogP contribution in [0.15, 0.2) is 11.6 Å². The fourth-order valence-electron chi connectivity index (χ4n) is 1.67. The molecule has 0 amide bonds. The van der Waals surface area contributed by atoms with Crippen LogP contribution in [0.1, 0.15) is 25.7 Å². The van der Waals surface area contributed by atoms with E-state index >= 15 is 0 Å². The number of unbranched alkanes of at least 4 members (excludes halogenated alkanes) is 1. The molecule has 3 heteroatoms. The maximum absolute atomic E-state index is 5.11. The zero-order chi connectivity index (χ0) is 11.6. The number of ether oxygens (including phenoxy) is 2. The van der Waals surface area contributed by atoms with Gasteiger partial charge in [0.05, 0.1) is 13.2 Å². The molecule has 16 heavy (non-hydrogen) atoms. The Morgan fingerprint density at radius 2 is 1.69 bits per heavy atom. The van der Waals surface area contributed by atoms with E-state index in [1.165, 1.54) is 25.7 Å². The second-order valence-corrected chi connectivity index (χ2v) is 4.33. The van der Waals surface area contributed by atoms with Gasteiger partial charge in [-0.05, 0) is 32.2 Å². The van der Waals surface area contributed by atoms with E-state index in [4.69, 9.17) is 9.47 Å². The van der Waals surface area contributed by atoms with Gasteiger partial charge in [-0.1, -0.05) is 11.6 Å². The normalized spacial score (nSPS) is 14.6. The van der Waals surface area contributed by atoms with E-state index in [2.05, 4.69) is 11.0 Å². The maximum atomic E-state index is 5.11. The highest BCUT2D eigenvalue weighted by Gasteiger charge is 2.09. The number of nitrogens with zero attached hydrogens (tertiary/aromatic N) is 1. The lowest BCUT2D eigenvalue weighted by atomic mass is 10.2. The first-order valence-electron chi connectivity index (χ1n) is 6.25. The number of allylic oxidation sites excluding steroid dienone is 2. The molecular weight excluding hydrogens is 202 g/mol. The van der Waals surface area contributed by atoms with E-state index in [0.717, 1.165) is 32.8 Å². The summed E-state index contributed by atoms with van der Waals surface area (Å²) in [5.74, 6) is 0. The van der Waals surface area contributed by atoms with E-state index in [-0.39, 0.29) is 0 Å². The summed E-state index contributed by atoms with van der Waals surface area (Å²) in [5, 5.41) is 0. The first-order chi connectivity index (χ1) is 7.86. The van der Waals surface area contributed by atoms with Crippen molar-refractivity contribution in [2.45, 2.75) is 25.7 Å². The summed E-state index contributed by atoms with van der Waals surface area (Å²) in [7, 11) is 3.51. The molecule has 1 aliphatic rings. The molecule has 1 saturated carbocycles. The van der Waals surface area contributed by atoms with Crippen LogP contribution < -0.4 is 0 Å². The minimum Gasteiger partial charge on any atom is -0.383 e. The minimum absolute atomic E-state index is 0.810. The molecule has 0 aromatic rings. The molecule has 0 aromatic carbocycles. The topological polar surface area (TPSA) is 21.7 Å². The predicted octanol–water partition coefficient (Wildman–Crippen LogP) is 2.08. The fraction of sp³-hybridized carbons (Fsp3) is 0.846. The van der Waals surface area contributed by atoms with Gasteiger partial charge in [-0.2, -0.15) is 0 Å². The predicted molar refractivity (Wildman–Crippen MR) is 66.7 cm³/mol. The first kappa shape index (κ1) is 13.7. The van der Waals surface area contributed by atoms with Gasteiger partial charge in [0.2, 0.25) is 0 Å². The molecule has 0 N–H and O–H groups in total. The molecule has 0 aromatic heterocycles. The van der Waals surface area contributed by atoms with Crippen molar-refractivity contribution in [1.29, 1.82) is 0 Å². The molecule has 0 aliphatic heterocycles. The SMILES string of the molecule is COCCN(CCCC=C1CC1)CCOC. The summed E-state index contributed by atoms with van der Waals surface area (Å²) in [6, 6.07) is 0. The molecule has 0 unspecified atom stereocenters. The number of rotatable bonds is 10. The molecule has 0 atom stereocenters. The molecule has 1 fully saturated rings. The van der Waals surface area contributed by atoms with E-state index < -0.39 is 0 Å². The second-order valence-electron chi connectivity index (χ2n) is 4.33. The Hall–Kier alpha value is -0.380. The van der Waals surface area contributed by atoms with Crippen LogP contribution in [-0.2, 0) is 9.47 Å². The van der Waals surface area contributed by atoms with Crippen molar-refractivity contribution in [2.24, 2.45) is 0 Å². The third kappa shape index (κ3) is 6.99. The minimum atomic E-state index is 0.810. The Kier molecular flexibility index (Phi) is 7.47. The Morgan fingerprint density at radius 3 is 2.19 bits per heavy atom. The van der Waals surface area contributed by atoms with E-state index in [1.807, 2.05) is 0 Å². The molecule has 1 rings (SSSR count). The molecule has 0 bridgehead atoms. The molecular formula is C13H25NO2. The Labute approximate surface area is 99.4 Å². The molecule has 0 saturated heterocycles. The van der Waals surface area contributed by atoms with Gasteiger partial charge < -0.3 is 9.47 Å². The summed E-state index contributed by atoms with van der Waals surface area (Å²) in [5.41, 5.74) is 1.65. The highest BCUT2D eigenvalue weighted by atomic mass is 16.5. The van der Waals surface area contributed by atoms with Gasteiger partial charge in [0.15, 0.2) is 0 Å². The average Bonchev–Trinajstić information content (AvgIpc) is 3.11. The van der Waals surface area contributed by atoms with Crippen LogP contribution in [0, 0.1) is 0 Å². The molecule has 0 heterocycles. The van der Waals surface area contributed by atoms with Crippen LogP contribution >= 0.6 is 0 Å². The smallest absolute Gasteiger partial charge is 0.0589 e. The number of hydrogen-bond donors (Lipinski definition) is 0. The van der Waals surface area contributed by atoms with E-state index in [0.29, 0.717) is 0 Å². The van der Waals surface area contributed by atoms with Crippen LogP contribution in [0.3, 0.4) is 0 Å². The molecule has 3 nitrogen and oxygen atoms in total. The Morgan fingerprint density at radius 1 is 1.06 bits per heavy atom. The highest BCUT2D eigenvalue weighted by molar-refractivity contribution is 5.15. The number of hydrogen-bond acceptors (Lipinski definition) is 3. The summed E-state index contributed by atoms with van der Waals surface area (Å²) in [4.78, 5) is 2.42. The van der Waals surface area contributed by atoms with Crippen LogP contribution in [0.5, 0.6) is 0 Å². The van der Waals surface area contributed by atoms with E-state index in [9.17, 15) is 0 Å². The van der Waals surface area contributed by atoms with Crippen molar-refractivity contribution in [1.82, 2.24) is 4.90 Å². The lowest BCUT2D eigenvalue weighted by Crippen LogP contribution is -2.31. The second kappa shape index (κ2) is 8.74. The molecule has 0 spiro atoms. The van der Waals surface area contributed by atoms with Gasteiger partial charge in [0, 0.05) is 27.3 Å². The monoisotopic (exact) mass is 227 g/mol. The summed E-state index contributed by atoms with van der Waals surface area (Å²) in [6.07, 6.45) is 7.57. The Balaban J connectivity index is 2.06. The molecule has 94 valence electrons. The number of methoxy groups -OCH3 is 2. The van der Waals surface area contributed by atoms with Crippen molar-refractivity contribution >= 4 is 0 Å². The van der Waals surface area contributed by atoms with Gasteiger partial charge in [-0.25, -0.2) is 0 Å². The van der Waals surface area contributed by atoms with Crippen LogP contribution in [-0.4, -0.2) is 52.0 Å². The maximum Gasteiger partial charge on any atom is 0.0589 e. The van der Waals surface area contributed by atoms with E-state index in [1.54, 1.807) is 19.8 Å². The highest BCUT2D eigenvalue weighted by Crippen LogP contribution is 2.28. The Bertz CT molecular complexity index is 190. The van der Waals surface area contributed by atoms with Crippen molar-refractivity contribution < 1.29 is 9.47 Å². The van der Waals surface area contributed by atoms with Crippen LogP contribution in [0.25, 0.3) is 0 Å². The van der Waals surface area contributed by atoms with Crippen LogP contribution in [0.4, 0.5) is 0 Å². The van der Waals surface area contributed by atoms with Gasteiger partial charge in [0.25, 0.3) is 0 Å². The lowest BCUT2D eigenvalue weighted by molar-refractivity contribution is 0.113. The standard InChI is InChI=1S/C13H25NO2/c1-15-11-9-14(10-12-16-2)8-4-3-5-13-6-7-13/h5H,3-4,6-12H2,1-2H3. The molecule has 0 radical (unpaired) electrons. The zero-order valence-corrected chi connectivity index (χ0v) is 10.7. The van der Waals surface area contributed by atoms with Crippen molar-refractivity contribution in [3.63, 3.8) is 0 Å².